The van der Waals surface area contributed by atoms with E-state index in [1.54, 1.807) is 18.2 Å². The molecule has 0 radical (unpaired) electrons. The fourth-order valence-corrected chi connectivity index (χ4v) is 5.48. The SMILES string of the molecule is CCCCC/C=C\C/C=C\CC(O)/C=C\C=C\CCCC(=O)O[C@H](COC(=O)CCCCCCCCC(C)CC)COP(=O)(O)OC[C@@H](O)CO. The zero-order valence-corrected chi connectivity index (χ0v) is 32.5. The number of carbonyl (C=O) groups excluding carboxylic acids is 2. The van der Waals surface area contributed by atoms with Gasteiger partial charge in [-0.25, -0.2) is 4.57 Å². The number of unbranched alkanes of at least 4 members (excludes halogenated alkanes) is 9. The zero-order valence-electron chi connectivity index (χ0n) is 31.6. The second kappa shape index (κ2) is 33.7. The van der Waals surface area contributed by atoms with Crippen molar-refractivity contribution in [2.24, 2.45) is 5.92 Å². The van der Waals surface area contributed by atoms with E-state index in [1.807, 2.05) is 18.2 Å². The Bertz CT molecular complexity index is 1030. The highest BCUT2D eigenvalue weighted by atomic mass is 31.2. The van der Waals surface area contributed by atoms with Gasteiger partial charge in [-0.2, -0.15) is 0 Å². The fourth-order valence-electron chi connectivity index (χ4n) is 4.69. The van der Waals surface area contributed by atoms with Gasteiger partial charge in [0.2, 0.25) is 0 Å². The number of aliphatic hydroxyl groups is 3. The number of hydrogen-bond acceptors (Lipinski definition) is 10. The highest BCUT2D eigenvalue weighted by Gasteiger charge is 2.27. The van der Waals surface area contributed by atoms with E-state index in [1.165, 1.54) is 44.9 Å². The highest BCUT2D eigenvalue weighted by Crippen LogP contribution is 2.43. The van der Waals surface area contributed by atoms with E-state index in [-0.39, 0.29) is 19.4 Å². The number of aliphatic hydroxyl groups excluding tert-OH is 3. The van der Waals surface area contributed by atoms with Gasteiger partial charge in [0.05, 0.1) is 25.9 Å². The Balaban J connectivity index is 4.60. The first-order valence-electron chi connectivity index (χ1n) is 19.1. The van der Waals surface area contributed by atoms with Crippen LogP contribution >= 0.6 is 7.82 Å². The third-order valence-corrected chi connectivity index (χ3v) is 9.06. The van der Waals surface area contributed by atoms with E-state index in [0.717, 1.165) is 38.0 Å². The summed E-state index contributed by atoms with van der Waals surface area (Å²) in [6.07, 6.45) is 28.5. The maximum atomic E-state index is 12.5. The summed E-state index contributed by atoms with van der Waals surface area (Å²) in [7, 11) is -4.65. The molecule has 0 aromatic carbocycles. The molecule has 0 aliphatic heterocycles. The Morgan fingerprint density at radius 2 is 1.41 bits per heavy atom. The van der Waals surface area contributed by atoms with Crippen LogP contribution in [0.4, 0.5) is 0 Å². The van der Waals surface area contributed by atoms with Crippen LogP contribution in [0.3, 0.4) is 0 Å². The fraction of sp³-hybridized carbons (Fsp3) is 0.744. The van der Waals surface area contributed by atoms with Crippen molar-refractivity contribution in [3.8, 4) is 0 Å². The van der Waals surface area contributed by atoms with Crippen LogP contribution in [-0.2, 0) is 32.7 Å². The molecule has 0 saturated heterocycles. The van der Waals surface area contributed by atoms with Gasteiger partial charge in [0.25, 0.3) is 0 Å². The molecule has 0 aliphatic rings. The molecular formula is C39H69O11P. The maximum absolute atomic E-state index is 12.5. The molecule has 11 nitrogen and oxygen atoms in total. The molecule has 0 heterocycles. The number of rotatable bonds is 34. The minimum atomic E-state index is -4.65. The summed E-state index contributed by atoms with van der Waals surface area (Å²) in [5, 5.41) is 28.4. The first-order valence-corrected chi connectivity index (χ1v) is 20.6. The Hall–Kier alpha value is -2.11. The molecule has 0 amide bonds. The lowest BCUT2D eigenvalue weighted by atomic mass is 10.00. The lowest BCUT2D eigenvalue weighted by Crippen LogP contribution is -2.29. The molecule has 0 spiro atoms. The van der Waals surface area contributed by atoms with Crippen LogP contribution in [0.25, 0.3) is 0 Å². The van der Waals surface area contributed by atoms with Gasteiger partial charge in [0.15, 0.2) is 6.10 Å². The van der Waals surface area contributed by atoms with Gasteiger partial charge >= 0.3 is 19.8 Å². The molecule has 4 N–H and O–H groups in total. The number of carbonyl (C=O) groups is 2. The van der Waals surface area contributed by atoms with Crippen LogP contribution in [0.15, 0.2) is 48.6 Å². The van der Waals surface area contributed by atoms with Crippen molar-refractivity contribution in [3.05, 3.63) is 48.6 Å². The molecule has 0 fully saturated rings. The molecule has 51 heavy (non-hydrogen) atoms. The monoisotopic (exact) mass is 744 g/mol. The largest absolute Gasteiger partial charge is 0.472 e. The number of phosphoric acid groups is 1. The number of allylic oxidation sites excluding steroid dienone is 6. The van der Waals surface area contributed by atoms with Gasteiger partial charge < -0.3 is 29.7 Å². The second-order valence-corrected chi connectivity index (χ2v) is 14.5. The standard InChI is InChI=1S/C39H69O11P/c1-4-6-7-8-9-10-11-16-21-26-35(41)27-22-17-14-19-24-29-39(44)50-37(33-49-51(45,46)48-31-36(42)30-40)32-47-38(43)28-23-18-13-12-15-20-25-34(3)5-2/h9-10,14,16-17,21-22,27,34-37,40-42H,4-8,11-13,15,18-20,23-26,28-33H2,1-3H3,(H,45,46)/b10-9-,17-14+,21-16-,27-22-/t34?,35?,36-,37+/m0/s1. The van der Waals surface area contributed by atoms with E-state index >= 15 is 0 Å². The van der Waals surface area contributed by atoms with Crippen molar-refractivity contribution in [1.82, 2.24) is 0 Å². The normalized spacial score (nSPS) is 15.8. The predicted molar refractivity (Wildman–Crippen MR) is 202 cm³/mol. The third-order valence-electron chi connectivity index (χ3n) is 8.11. The minimum absolute atomic E-state index is 0.0479. The summed E-state index contributed by atoms with van der Waals surface area (Å²) in [6, 6.07) is 0. The molecule has 0 aliphatic carbocycles. The average molecular weight is 745 g/mol. The summed E-state index contributed by atoms with van der Waals surface area (Å²) in [4.78, 5) is 34.8. The summed E-state index contributed by atoms with van der Waals surface area (Å²) < 4.78 is 32.4. The molecule has 0 rings (SSSR count). The molecule has 0 saturated carbocycles. The van der Waals surface area contributed by atoms with E-state index < -0.39 is 57.9 Å². The Morgan fingerprint density at radius 3 is 2.14 bits per heavy atom. The number of phosphoric ester groups is 1. The molecule has 0 aromatic heterocycles. The topological polar surface area (TPSA) is 169 Å². The van der Waals surface area contributed by atoms with E-state index in [2.05, 4.69) is 37.4 Å². The van der Waals surface area contributed by atoms with Crippen LogP contribution in [-0.4, -0.2) is 76.9 Å². The summed E-state index contributed by atoms with van der Waals surface area (Å²) in [5.41, 5.74) is 0. The van der Waals surface area contributed by atoms with Gasteiger partial charge in [-0.1, -0.05) is 127 Å². The third kappa shape index (κ3) is 33.5. The van der Waals surface area contributed by atoms with E-state index in [9.17, 15) is 29.3 Å². The van der Waals surface area contributed by atoms with Gasteiger partial charge in [0.1, 0.15) is 12.7 Å². The highest BCUT2D eigenvalue weighted by molar-refractivity contribution is 7.47. The molecule has 12 heteroatoms. The van der Waals surface area contributed by atoms with Crippen molar-refractivity contribution in [3.63, 3.8) is 0 Å². The predicted octanol–water partition coefficient (Wildman–Crippen LogP) is 8.21. The van der Waals surface area contributed by atoms with E-state index in [0.29, 0.717) is 25.7 Å². The first-order chi connectivity index (χ1) is 24.5. The van der Waals surface area contributed by atoms with Crippen LogP contribution < -0.4 is 0 Å². The van der Waals surface area contributed by atoms with Crippen molar-refractivity contribution in [1.29, 1.82) is 0 Å². The maximum Gasteiger partial charge on any atom is 0.472 e. The van der Waals surface area contributed by atoms with Crippen molar-refractivity contribution in [2.45, 2.75) is 155 Å². The minimum Gasteiger partial charge on any atom is -0.462 e. The second-order valence-electron chi connectivity index (χ2n) is 13.0. The van der Waals surface area contributed by atoms with Crippen LogP contribution in [0, 0.1) is 5.92 Å². The molecule has 0 bridgehead atoms. The van der Waals surface area contributed by atoms with Crippen molar-refractivity contribution < 1.29 is 52.9 Å². The lowest BCUT2D eigenvalue weighted by Gasteiger charge is -2.20. The van der Waals surface area contributed by atoms with Crippen LogP contribution in [0.5, 0.6) is 0 Å². The van der Waals surface area contributed by atoms with Gasteiger partial charge in [0, 0.05) is 12.8 Å². The number of hydrogen-bond donors (Lipinski definition) is 4. The number of esters is 2. The quantitative estimate of drug-likeness (QED) is 0.0165. The summed E-state index contributed by atoms with van der Waals surface area (Å²) in [5.74, 6) is -0.303. The van der Waals surface area contributed by atoms with Gasteiger partial charge in [-0.15, -0.1) is 0 Å². The molecule has 0 aromatic rings. The van der Waals surface area contributed by atoms with Crippen molar-refractivity contribution in [2.75, 3.05) is 26.4 Å². The molecule has 296 valence electrons. The number of ether oxygens (including phenoxy) is 2. The van der Waals surface area contributed by atoms with Crippen LogP contribution in [0.1, 0.15) is 136 Å². The Morgan fingerprint density at radius 1 is 0.745 bits per heavy atom. The first kappa shape index (κ1) is 48.9. The Kier molecular flexibility index (Phi) is 32.3. The lowest BCUT2D eigenvalue weighted by molar-refractivity contribution is -0.161. The average Bonchev–Trinajstić information content (AvgIpc) is 3.11. The zero-order chi connectivity index (χ0) is 38.0. The smallest absolute Gasteiger partial charge is 0.462 e. The van der Waals surface area contributed by atoms with E-state index in [4.69, 9.17) is 19.1 Å². The van der Waals surface area contributed by atoms with Gasteiger partial charge in [-0.05, 0) is 50.9 Å². The Labute approximate surface area is 307 Å². The summed E-state index contributed by atoms with van der Waals surface area (Å²) >= 11 is 0. The van der Waals surface area contributed by atoms with Crippen LogP contribution in [0.2, 0.25) is 0 Å². The van der Waals surface area contributed by atoms with Gasteiger partial charge in [-0.3, -0.25) is 18.6 Å². The molecule has 5 atom stereocenters. The molecule has 3 unspecified atom stereocenters. The van der Waals surface area contributed by atoms with Crippen molar-refractivity contribution >= 4 is 19.8 Å². The summed E-state index contributed by atoms with van der Waals surface area (Å²) in [6.45, 7) is 4.41. The molecular weight excluding hydrogens is 675 g/mol.